The Hall–Kier alpha value is -3.16. The number of hydrogen-bond donors (Lipinski definition) is 0. The summed E-state index contributed by atoms with van der Waals surface area (Å²) in [5, 5.41) is 0. The minimum Gasteiger partial charge on any atom is -0.295 e. The van der Waals surface area contributed by atoms with Crippen molar-refractivity contribution >= 4 is 0 Å². The Balaban J connectivity index is 1.80. The zero-order chi connectivity index (χ0) is 22.8. The molecule has 2 aliphatic carbocycles. The lowest BCUT2D eigenvalue weighted by Gasteiger charge is -2.42. The summed E-state index contributed by atoms with van der Waals surface area (Å²) in [4.78, 5) is 2.59. The Bertz CT molecular complexity index is 1310. The van der Waals surface area contributed by atoms with Crippen LogP contribution in [0.4, 0.5) is 0 Å². The summed E-state index contributed by atoms with van der Waals surface area (Å²) >= 11 is 0. The van der Waals surface area contributed by atoms with Gasteiger partial charge < -0.3 is 0 Å². The molecule has 0 aromatic heterocycles. The number of benzene rings is 4. The van der Waals surface area contributed by atoms with Gasteiger partial charge in [0.2, 0.25) is 0 Å². The highest BCUT2D eigenvalue weighted by Crippen LogP contribution is 2.64. The molecule has 1 spiro atoms. The molecule has 0 saturated carbocycles. The molecule has 2 aliphatic rings. The third-order valence-electron chi connectivity index (χ3n) is 8.23. The molecule has 0 unspecified atom stereocenters. The maximum atomic E-state index is 2.59. The van der Waals surface area contributed by atoms with Crippen LogP contribution >= 0.6 is 0 Å². The summed E-state index contributed by atoms with van der Waals surface area (Å²) in [5.74, 6) is 0. The first kappa shape index (κ1) is 20.4. The number of fused-ring (bicyclic) bond motifs is 10. The predicted molar refractivity (Wildman–Crippen MR) is 139 cm³/mol. The molecular weight excluding hydrogens is 398 g/mol. The molecule has 0 fully saturated rings. The Kier molecular flexibility index (Phi) is 4.44. The van der Waals surface area contributed by atoms with Crippen molar-refractivity contribution in [3.8, 4) is 22.3 Å². The molecule has 4 aromatic carbocycles. The molecule has 0 heterocycles. The van der Waals surface area contributed by atoms with Gasteiger partial charge in [0, 0.05) is 5.54 Å². The van der Waals surface area contributed by atoms with Crippen molar-refractivity contribution in [2.75, 3.05) is 13.1 Å². The molecule has 6 rings (SSSR count). The topological polar surface area (TPSA) is 3.24 Å². The van der Waals surface area contributed by atoms with E-state index in [4.69, 9.17) is 0 Å². The second-order valence-corrected chi connectivity index (χ2v) is 9.85. The first-order valence-corrected chi connectivity index (χ1v) is 12.2. The van der Waals surface area contributed by atoms with Gasteiger partial charge in [0.15, 0.2) is 0 Å². The Morgan fingerprint density at radius 1 is 0.576 bits per heavy atom. The summed E-state index contributed by atoms with van der Waals surface area (Å²) in [6, 6.07) is 34.2. The Labute approximate surface area is 197 Å². The fraction of sp³-hybridized carbons (Fsp3) is 0.250. The van der Waals surface area contributed by atoms with Crippen molar-refractivity contribution < 1.29 is 0 Å². The van der Waals surface area contributed by atoms with Crippen molar-refractivity contribution in [1.82, 2.24) is 4.90 Å². The highest BCUT2D eigenvalue weighted by molar-refractivity contribution is 5.95. The second-order valence-electron chi connectivity index (χ2n) is 9.85. The van der Waals surface area contributed by atoms with E-state index in [0.717, 1.165) is 13.1 Å². The van der Waals surface area contributed by atoms with Gasteiger partial charge in [-0.2, -0.15) is 0 Å². The van der Waals surface area contributed by atoms with Crippen molar-refractivity contribution in [2.24, 2.45) is 0 Å². The fourth-order valence-corrected chi connectivity index (χ4v) is 6.85. The molecule has 1 nitrogen and oxygen atoms in total. The van der Waals surface area contributed by atoms with Crippen LogP contribution in [-0.2, 0) is 11.0 Å². The molecular formula is C32H31N. The average molecular weight is 430 g/mol. The summed E-state index contributed by atoms with van der Waals surface area (Å²) < 4.78 is 0. The molecule has 1 heteroatoms. The van der Waals surface area contributed by atoms with Crippen molar-refractivity contribution in [3.63, 3.8) is 0 Å². The van der Waals surface area contributed by atoms with Gasteiger partial charge in [-0.25, -0.2) is 0 Å². The third kappa shape index (κ3) is 2.46. The van der Waals surface area contributed by atoms with Crippen LogP contribution in [0.2, 0.25) is 0 Å². The summed E-state index contributed by atoms with van der Waals surface area (Å²) in [6.45, 7) is 11.4. The van der Waals surface area contributed by atoms with Crippen molar-refractivity contribution in [3.05, 3.63) is 119 Å². The van der Waals surface area contributed by atoms with E-state index >= 15 is 0 Å². The molecule has 0 N–H and O–H groups in total. The number of hydrogen-bond acceptors (Lipinski definition) is 1. The van der Waals surface area contributed by atoms with Gasteiger partial charge in [0.25, 0.3) is 0 Å². The van der Waals surface area contributed by atoms with E-state index in [9.17, 15) is 0 Å². The molecule has 0 bridgehead atoms. The molecule has 164 valence electrons. The quantitative estimate of drug-likeness (QED) is 0.279. The maximum absolute atomic E-state index is 2.59. The van der Waals surface area contributed by atoms with E-state index < -0.39 is 0 Å². The third-order valence-corrected chi connectivity index (χ3v) is 8.23. The smallest absolute Gasteiger partial charge is 0.0728 e. The second kappa shape index (κ2) is 7.17. The fourth-order valence-electron chi connectivity index (χ4n) is 6.85. The van der Waals surface area contributed by atoms with E-state index in [0.29, 0.717) is 0 Å². The maximum Gasteiger partial charge on any atom is 0.0728 e. The van der Waals surface area contributed by atoms with E-state index in [2.05, 4.69) is 124 Å². The summed E-state index contributed by atoms with van der Waals surface area (Å²) in [5.41, 5.74) is 12.3. The van der Waals surface area contributed by atoms with Crippen LogP contribution in [0.3, 0.4) is 0 Å². The van der Waals surface area contributed by atoms with Gasteiger partial charge in [-0.15, -0.1) is 0 Å². The van der Waals surface area contributed by atoms with Gasteiger partial charge in [0.1, 0.15) is 0 Å². The molecule has 0 aliphatic heterocycles. The SMILES string of the molecule is CCN(CC)C(C)(C)c1cccc2c1C1(c3ccccc3-c3ccccc31)c1ccccc1-2. The van der Waals surface area contributed by atoms with Crippen LogP contribution in [0.1, 0.15) is 55.5 Å². The largest absolute Gasteiger partial charge is 0.295 e. The minimum atomic E-state index is -0.278. The molecule has 0 atom stereocenters. The lowest BCUT2D eigenvalue weighted by Crippen LogP contribution is -2.43. The number of rotatable bonds is 4. The highest BCUT2D eigenvalue weighted by atomic mass is 15.2. The van der Waals surface area contributed by atoms with Crippen LogP contribution < -0.4 is 0 Å². The summed E-state index contributed by atoms with van der Waals surface area (Å²) in [6.07, 6.45) is 0. The van der Waals surface area contributed by atoms with Crippen LogP contribution in [0.15, 0.2) is 91.0 Å². The van der Waals surface area contributed by atoms with Gasteiger partial charge >= 0.3 is 0 Å². The zero-order valence-corrected chi connectivity index (χ0v) is 20.0. The van der Waals surface area contributed by atoms with E-state index in [1.165, 1.54) is 50.1 Å². The molecule has 33 heavy (non-hydrogen) atoms. The normalized spacial score (nSPS) is 14.8. The van der Waals surface area contributed by atoms with E-state index in [1.54, 1.807) is 0 Å². The van der Waals surface area contributed by atoms with Crippen molar-refractivity contribution in [2.45, 2.75) is 38.6 Å². The Morgan fingerprint density at radius 3 is 1.48 bits per heavy atom. The van der Waals surface area contributed by atoms with Gasteiger partial charge in [0.05, 0.1) is 5.41 Å². The zero-order valence-electron chi connectivity index (χ0n) is 20.0. The minimum absolute atomic E-state index is 0.0869. The van der Waals surface area contributed by atoms with Crippen LogP contribution in [0.25, 0.3) is 22.3 Å². The van der Waals surface area contributed by atoms with Crippen LogP contribution in [0.5, 0.6) is 0 Å². The molecule has 0 radical (unpaired) electrons. The van der Waals surface area contributed by atoms with Crippen molar-refractivity contribution in [1.29, 1.82) is 0 Å². The van der Waals surface area contributed by atoms with Gasteiger partial charge in [-0.3, -0.25) is 4.90 Å². The van der Waals surface area contributed by atoms with Gasteiger partial charge in [-0.05, 0) is 77.0 Å². The molecule has 0 amide bonds. The first-order chi connectivity index (χ1) is 16.1. The van der Waals surface area contributed by atoms with E-state index in [-0.39, 0.29) is 11.0 Å². The van der Waals surface area contributed by atoms with Gasteiger partial charge in [-0.1, -0.05) is 105 Å². The first-order valence-electron chi connectivity index (χ1n) is 12.2. The highest BCUT2D eigenvalue weighted by Gasteiger charge is 2.53. The lowest BCUT2D eigenvalue weighted by molar-refractivity contribution is 0.133. The molecule has 0 saturated heterocycles. The molecule has 4 aromatic rings. The Morgan fingerprint density at radius 2 is 1.00 bits per heavy atom. The lowest BCUT2D eigenvalue weighted by atomic mass is 9.67. The standard InChI is InChI=1S/C32H31N/c1-5-33(6-2)31(3,4)29-21-13-17-25-24-16-9-12-20-28(24)32(30(25)29)26-18-10-7-14-22(26)23-15-8-11-19-27(23)32/h7-21H,5-6H2,1-4H3. The predicted octanol–water partition coefficient (Wildman–Crippen LogP) is 7.61. The van der Waals surface area contributed by atoms with E-state index in [1.807, 2.05) is 0 Å². The average Bonchev–Trinajstić information content (AvgIpc) is 3.32. The summed E-state index contributed by atoms with van der Waals surface area (Å²) in [7, 11) is 0. The van der Waals surface area contributed by atoms with Crippen LogP contribution in [-0.4, -0.2) is 18.0 Å². The number of nitrogens with zero attached hydrogens (tertiary/aromatic N) is 1. The monoisotopic (exact) mass is 429 g/mol. The van der Waals surface area contributed by atoms with Crippen LogP contribution in [0, 0.1) is 0 Å².